The van der Waals surface area contributed by atoms with Gasteiger partial charge in [0.2, 0.25) is 5.75 Å². The molecule has 0 bridgehead atoms. The third-order valence-electron chi connectivity index (χ3n) is 8.66. The molecule has 20 nitrogen and oxygen atoms in total. The predicted octanol–water partition coefficient (Wildman–Crippen LogP) is 6.73. The van der Waals surface area contributed by atoms with E-state index in [0.717, 1.165) is 16.8 Å². The number of aromatic nitrogens is 6. The first-order valence-electron chi connectivity index (χ1n) is 19.0. The van der Waals surface area contributed by atoms with Crippen LogP contribution in [-0.4, -0.2) is 90.9 Å². The molecule has 1 atom stereocenters. The lowest BCUT2D eigenvalue weighted by atomic mass is 10.2. The summed E-state index contributed by atoms with van der Waals surface area (Å²) in [4.78, 5) is 36.0. The van der Waals surface area contributed by atoms with Gasteiger partial charge in [0.15, 0.2) is 63.7 Å². The monoisotopic (exact) mass is 1050 g/mol. The number of anilines is 1. The average molecular weight is 1050 g/mol. The van der Waals surface area contributed by atoms with E-state index in [1.54, 1.807) is 80.5 Å². The Bertz CT molecular complexity index is 2820. The molecule has 1 amide bonds. The van der Waals surface area contributed by atoms with Gasteiger partial charge in [0.25, 0.3) is 5.91 Å². The third kappa shape index (κ3) is 15.2. The normalized spacial score (nSPS) is 11.6. The highest BCUT2D eigenvalue weighted by Crippen LogP contribution is 2.30. The fourth-order valence-electron chi connectivity index (χ4n) is 5.40. The van der Waals surface area contributed by atoms with Crippen LogP contribution >= 0.6 is 43.2 Å². The molecule has 0 unspecified atom stereocenters. The van der Waals surface area contributed by atoms with Gasteiger partial charge in [-0.2, -0.15) is 31.0 Å². The molecule has 67 heavy (non-hydrogen) atoms. The molecule has 0 N–H and O–H groups in total. The second kappa shape index (κ2) is 27.9. The number of thiazole rings is 1. The van der Waals surface area contributed by atoms with Gasteiger partial charge in [-0.25, -0.2) is 24.9 Å². The number of nitrogens with zero attached hydrogens (tertiary/aromatic N) is 13. The molecular weight excluding hydrogens is 1010 g/mol. The number of pyridine rings is 5. The SMILES string of the molecule is COc1ccc(-c2csc(N(C)C(=O)[C@@H]3CCCN3C#N)n2)nc1C#N.COc1ccc(Br)nc1C#N.COc1ccc[n+]([O-])c1C#N.COc1cccnc1Br.COc1cccnc1C#N. The fourth-order valence-corrected chi connectivity index (χ4v) is 6.91. The van der Waals surface area contributed by atoms with E-state index in [9.17, 15) is 10.0 Å². The zero-order valence-electron chi connectivity index (χ0n) is 36.6. The van der Waals surface area contributed by atoms with Gasteiger partial charge in [0, 0.05) is 37.4 Å². The van der Waals surface area contributed by atoms with Crippen LogP contribution in [0.25, 0.3) is 11.4 Å². The van der Waals surface area contributed by atoms with Crippen molar-refractivity contribution in [3.8, 4) is 70.6 Å². The summed E-state index contributed by atoms with van der Waals surface area (Å²) in [6, 6.07) is 24.1. The van der Waals surface area contributed by atoms with Crippen LogP contribution in [0.2, 0.25) is 0 Å². The summed E-state index contributed by atoms with van der Waals surface area (Å²) >= 11 is 7.68. The van der Waals surface area contributed by atoms with Crippen LogP contribution in [0.5, 0.6) is 28.7 Å². The van der Waals surface area contributed by atoms with Crippen molar-refractivity contribution in [1.29, 1.82) is 26.3 Å². The number of likely N-dealkylation sites (tertiary alicyclic amines) is 1. The molecule has 0 aromatic carbocycles. The van der Waals surface area contributed by atoms with Crippen molar-refractivity contribution >= 4 is 54.2 Å². The quantitative estimate of drug-likeness (QED) is 0.0660. The zero-order valence-corrected chi connectivity index (χ0v) is 40.6. The van der Waals surface area contributed by atoms with Gasteiger partial charge < -0.3 is 28.9 Å². The molecule has 6 aromatic heterocycles. The molecule has 342 valence electrons. The predicted molar refractivity (Wildman–Crippen MR) is 249 cm³/mol. The van der Waals surface area contributed by atoms with Crippen molar-refractivity contribution in [2.24, 2.45) is 0 Å². The van der Waals surface area contributed by atoms with E-state index < -0.39 is 6.04 Å². The summed E-state index contributed by atoms with van der Waals surface area (Å²) in [5.41, 5.74) is 1.89. The molecule has 0 radical (unpaired) electrons. The minimum absolute atomic E-state index is 0.0185. The second-order valence-electron chi connectivity index (χ2n) is 12.5. The molecule has 1 saturated heterocycles. The number of amides is 1. The average Bonchev–Trinajstić information content (AvgIpc) is 4.08. The largest absolute Gasteiger partial charge is 0.618 e. The lowest BCUT2D eigenvalue weighted by molar-refractivity contribution is -0.608. The number of methoxy groups -OCH3 is 5. The summed E-state index contributed by atoms with van der Waals surface area (Å²) in [5.74, 6) is 2.32. The highest BCUT2D eigenvalue weighted by atomic mass is 79.9. The summed E-state index contributed by atoms with van der Waals surface area (Å²) in [5, 5.41) is 56.9. The van der Waals surface area contributed by atoms with Crippen LogP contribution in [0.3, 0.4) is 0 Å². The molecule has 1 aliphatic heterocycles. The Morgan fingerprint density at radius 1 is 0.731 bits per heavy atom. The smallest absolute Gasteiger partial charge is 0.336 e. The van der Waals surface area contributed by atoms with Crippen molar-refractivity contribution < 1.29 is 33.2 Å². The van der Waals surface area contributed by atoms with Crippen LogP contribution in [0.4, 0.5) is 5.13 Å². The summed E-state index contributed by atoms with van der Waals surface area (Å²) in [7, 11) is 9.18. The highest BCUT2D eigenvalue weighted by molar-refractivity contribution is 9.10. The number of carbonyl (C=O) groups is 1. The van der Waals surface area contributed by atoms with Gasteiger partial charge in [-0.05, 0) is 99.3 Å². The molecule has 0 spiro atoms. The number of nitriles is 5. The van der Waals surface area contributed by atoms with Gasteiger partial charge in [0.05, 0.1) is 41.2 Å². The molecule has 7 heterocycles. The van der Waals surface area contributed by atoms with E-state index in [1.807, 2.05) is 30.3 Å². The molecule has 1 fully saturated rings. The molecule has 0 aliphatic carbocycles. The van der Waals surface area contributed by atoms with Gasteiger partial charge in [-0.15, -0.1) is 11.3 Å². The van der Waals surface area contributed by atoms with E-state index in [1.165, 1.54) is 61.8 Å². The van der Waals surface area contributed by atoms with Crippen LogP contribution in [0.15, 0.2) is 93.8 Å². The summed E-state index contributed by atoms with van der Waals surface area (Å²) in [6.07, 6.45) is 8.08. The van der Waals surface area contributed by atoms with Crippen molar-refractivity contribution in [3.05, 3.63) is 122 Å². The standard InChI is InChI=1S/C17H16N6O2S.C7H5BrN2O.C7H6N2O2.C7H6N2O.C6H6BrNO/c1-22(16(24)14-4-3-7-23(14)10-19)17-21-13(9-26-17)11-5-6-15(25-2)12(8-18)20-11;1-11-6-2-3-7(8)10-5(6)4-9;1-11-7-3-2-4-9(10)6(7)5-8;1-10-7-3-2-4-9-6(7)5-8;1-9-5-3-2-4-8-6(5)7/h5-6,9,14H,3-4,7H2,1-2H3;2-3H,1H3;2-4H,1H3;2-4H,1H3;2-4H,1H3/t14-;;;;/m0..../s1. The van der Waals surface area contributed by atoms with Gasteiger partial charge in [-0.3, -0.25) is 14.6 Å². The van der Waals surface area contributed by atoms with E-state index in [2.05, 4.69) is 63.0 Å². The van der Waals surface area contributed by atoms with Crippen molar-refractivity contribution in [2.45, 2.75) is 18.9 Å². The number of likely N-dealkylation sites (N-methyl/N-ethyl adjacent to an activating group) is 1. The maximum Gasteiger partial charge on any atom is 0.336 e. The van der Waals surface area contributed by atoms with Crippen LogP contribution in [-0.2, 0) is 4.79 Å². The second-order valence-corrected chi connectivity index (χ2v) is 14.9. The number of halogens is 2. The van der Waals surface area contributed by atoms with E-state index in [-0.39, 0.29) is 17.3 Å². The number of rotatable bonds is 8. The van der Waals surface area contributed by atoms with Crippen LogP contribution in [0.1, 0.15) is 35.6 Å². The summed E-state index contributed by atoms with van der Waals surface area (Å²) < 4.78 is 26.4. The molecule has 7 rings (SSSR count). The number of ether oxygens (including phenoxy) is 5. The number of hydrogen-bond acceptors (Lipinski definition) is 19. The Balaban J connectivity index is 0.000000243. The Morgan fingerprint density at radius 3 is 1.84 bits per heavy atom. The van der Waals surface area contributed by atoms with Crippen molar-refractivity contribution in [2.75, 3.05) is 54.0 Å². The Morgan fingerprint density at radius 2 is 1.30 bits per heavy atom. The Labute approximate surface area is 406 Å². The van der Waals surface area contributed by atoms with E-state index in [4.69, 9.17) is 50.0 Å². The minimum Gasteiger partial charge on any atom is -0.618 e. The molecule has 6 aromatic rings. The van der Waals surface area contributed by atoms with Crippen molar-refractivity contribution in [3.63, 3.8) is 0 Å². The fraction of sp³-hybridized carbons (Fsp3) is 0.227. The van der Waals surface area contributed by atoms with E-state index >= 15 is 0 Å². The molecule has 1 aliphatic rings. The lowest BCUT2D eigenvalue weighted by Crippen LogP contribution is -2.42. The number of carbonyl (C=O) groups excluding carboxylic acids is 1. The Hall–Kier alpha value is -8.14. The zero-order chi connectivity index (χ0) is 49.3. The molecule has 23 heteroatoms. The molecular formula is C44H39Br2N13O7S. The lowest BCUT2D eigenvalue weighted by Gasteiger charge is -2.22. The van der Waals surface area contributed by atoms with Gasteiger partial charge in [-0.1, -0.05) is 0 Å². The summed E-state index contributed by atoms with van der Waals surface area (Å²) in [6.45, 7) is 0.608. The van der Waals surface area contributed by atoms with E-state index in [0.29, 0.717) is 73.2 Å². The van der Waals surface area contributed by atoms with Crippen LogP contribution in [0, 0.1) is 62.0 Å². The first-order valence-corrected chi connectivity index (χ1v) is 21.5. The first kappa shape index (κ1) is 53.2. The van der Waals surface area contributed by atoms with Gasteiger partial charge in [0.1, 0.15) is 39.1 Å². The molecule has 0 saturated carbocycles. The maximum atomic E-state index is 12.7. The Kier molecular flexibility index (Phi) is 22.2. The maximum absolute atomic E-state index is 12.7. The topological polar surface area (TPSA) is 280 Å². The highest BCUT2D eigenvalue weighted by Gasteiger charge is 2.33. The minimum atomic E-state index is -0.429. The van der Waals surface area contributed by atoms with Crippen LogP contribution < -0.4 is 33.3 Å². The van der Waals surface area contributed by atoms with Gasteiger partial charge >= 0.3 is 5.69 Å². The first-order chi connectivity index (χ1) is 32.4. The van der Waals surface area contributed by atoms with Crippen molar-refractivity contribution in [1.82, 2.24) is 29.8 Å². The number of hydrogen-bond donors (Lipinski definition) is 0. The third-order valence-corrected chi connectivity index (χ3v) is 10.6.